The fraction of sp³-hybridized carbons (Fsp3) is 0.619. The number of amides is 3. The maximum absolute atomic E-state index is 13.5. The Morgan fingerprint density at radius 3 is 2.68 bits per heavy atom. The van der Waals surface area contributed by atoms with Gasteiger partial charge in [0.15, 0.2) is 5.82 Å². The van der Waals surface area contributed by atoms with E-state index in [1.54, 1.807) is 25.1 Å². The summed E-state index contributed by atoms with van der Waals surface area (Å²) in [5.41, 5.74) is -1.70. The van der Waals surface area contributed by atoms with Crippen molar-refractivity contribution in [3.63, 3.8) is 0 Å². The summed E-state index contributed by atoms with van der Waals surface area (Å²) in [6.45, 7) is 7.80. The van der Waals surface area contributed by atoms with Gasteiger partial charge in [0.1, 0.15) is 17.4 Å². The van der Waals surface area contributed by atoms with Gasteiger partial charge in [0.2, 0.25) is 17.7 Å². The molecule has 2 N–H and O–H groups in total. The minimum atomic E-state index is -1.20. The number of carbonyl (C=O) groups excluding carboxylic acids is 3. The molecule has 3 amide bonds. The summed E-state index contributed by atoms with van der Waals surface area (Å²) < 4.78 is 16.4. The Bertz CT molecular complexity index is 935. The van der Waals surface area contributed by atoms with Crippen LogP contribution < -0.4 is 10.6 Å². The second-order valence-corrected chi connectivity index (χ2v) is 9.28. The molecule has 4 heterocycles. The second-order valence-electron chi connectivity index (χ2n) is 9.28. The number of fused-ring (bicyclic) bond motifs is 1. The zero-order chi connectivity index (χ0) is 22.6. The standard InChI is InChI=1S/C21H28N4O6/c1-11-10-13(24-31-11)22-17(26)14-12-6-7-21(30-12)15(14)19(28)25(8-9-29-5)16(21)18(27)23-20(2,3)4/h6-7,10,12,14-16H,8-9H2,1-5H3,(H,23,27)(H,22,24,26)/t12-,14-,15+,16-,21+/m1/s1. The number of ether oxygens (including phenoxy) is 2. The maximum Gasteiger partial charge on any atom is 0.246 e. The minimum Gasteiger partial charge on any atom is -0.383 e. The van der Waals surface area contributed by atoms with Gasteiger partial charge in [-0.1, -0.05) is 17.3 Å². The quantitative estimate of drug-likeness (QED) is 0.632. The molecule has 1 spiro atoms. The Balaban J connectivity index is 1.66. The van der Waals surface area contributed by atoms with Crippen LogP contribution in [0.2, 0.25) is 0 Å². The number of likely N-dealkylation sites (tertiary alicyclic amines) is 1. The number of aryl methyl sites for hydroxylation is 1. The number of hydrogen-bond acceptors (Lipinski definition) is 7. The topological polar surface area (TPSA) is 123 Å². The normalized spacial score (nSPS) is 31.3. The lowest BCUT2D eigenvalue weighted by atomic mass is 9.74. The van der Waals surface area contributed by atoms with E-state index >= 15 is 0 Å². The van der Waals surface area contributed by atoms with Gasteiger partial charge in [0, 0.05) is 25.3 Å². The predicted octanol–water partition coefficient (Wildman–Crippen LogP) is 0.633. The van der Waals surface area contributed by atoms with E-state index in [2.05, 4.69) is 15.8 Å². The van der Waals surface area contributed by atoms with Gasteiger partial charge in [-0.05, 0) is 27.7 Å². The third-order valence-corrected chi connectivity index (χ3v) is 5.84. The summed E-state index contributed by atoms with van der Waals surface area (Å²) in [6.07, 6.45) is 2.93. The lowest BCUT2D eigenvalue weighted by Gasteiger charge is -2.34. The summed E-state index contributed by atoms with van der Waals surface area (Å²) in [5.74, 6) is -1.79. The molecule has 2 fully saturated rings. The fourth-order valence-electron chi connectivity index (χ4n) is 4.77. The van der Waals surface area contributed by atoms with E-state index in [-0.39, 0.29) is 30.8 Å². The number of carbonyl (C=O) groups is 3. The second kappa shape index (κ2) is 7.45. The molecule has 3 aliphatic rings. The van der Waals surface area contributed by atoms with E-state index in [0.29, 0.717) is 5.76 Å². The largest absolute Gasteiger partial charge is 0.383 e. The molecule has 10 heteroatoms. The average Bonchev–Trinajstić information content (AvgIpc) is 3.39. The number of anilines is 1. The summed E-state index contributed by atoms with van der Waals surface area (Å²) >= 11 is 0. The Morgan fingerprint density at radius 2 is 2.06 bits per heavy atom. The molecule has 4 rings (SSSR count). The third kappa shape index (κ3) is 3.53. The van der Waals surface area contributed by atoms with Crippen LogP contribution in [0.5, 0.6) is 0 Å². The molecule has 0 aliphatic carbocycles. The van der Waals surface area contributed by atoms with Crippen molar-refractivity contribution < 1.29 is 28.4 Å². The SMILES string of the molecule is COCCN1C(=O)[C@@H]2[C@H](C(=O)Nc3cc(C)on3)[C@H]3C=C[C@@]2(O3)[C@H]1C(=O)NC(C)(C)C. The van der Waals surface area contributed by atoms with Gasteiger partial charge in [-0.3, -0.25) is 14.4 Å². The van der Waals surface area contributed by atoms with Crippen molar-refractivity contribution in [3.8, 4) is 0 Å². The molecule has 3 aliphatic heterocycles. The molecule has 168 valence electrons. The fourth-order valence-corrected chi connectivity index (χ4v) is 4.77. The monoisotopic (exact) mass is 432 g/mol. The Morgan fingerprint density at radius 1 is 1.32 bits per heavy atom. The van der Waals surface area contributed by atoms with Gasteiger partial charge in [-0.25, -0.2) is 0 Å². The summed E-state index contributed by atoms with van der Waals surface area (Å²) in [5, 5.41) is 9.45. The highest BCUT2D eigenvalue weighted by Gasteiger charge is 2.72. The number of rotatable bonds is 6. The zero-order valence-electron chi connectivity index (χ0n) is 18.3. The molecule has 2 bridgehead atoms. The third-order valence-electron chi connectivity index (χ3n) is 5.84. The van der Waals surface area contributed by atoms with Crippen molar-refractivity contribution in [2.75, 3.05) is 25.6 Å². The van der Waals surface area contributed by atoms with Crippen LogP contribution in [0.3, 0.4) is 0 Å². The molecule has 10 nitrogen and oxygen atoms in total. The predicted molar refractivity (Wildman–Crippen MR) is 109 cm³/mol. The minimum absolute atomic E-state index is 0.217. The first kappa shape index (κ1) is 21.5. The van der Waals surface area contributed by atoms with Crippen molar-refractivity contribution >= 4 is 23.5 Å². The van der Waals surface area contributed by atoms with Crippen LogP contribution in [0, 0.1) is 18.8 Å². The van der Waals surface area contributed by atoms with Crippen LogP contribution in [0.15, 0.2) is 22.7 Å². The van der Waals surface area contributed by atoms with Crippen molar-refractivity contribution in [3.05, 3.63) is 24.0 Å². The zero-order valence-corrected chi connectivity index (χ0v) is 18.3. The Kier molecular flexibility index (Phi) is 5.17. The smallest absolute Gasteiger partial charge is 0.246 e. The van der Waals surface area contributed by atoms with Gasteiger partial charge >= 0.3 is 0 Å². The van der Waals surface area contributed by atoms with E-state index < -0.39 is 41.0 Å². The van der Waals surface area contributed by atoms with Gasteiger partial charge in [0.05, 0.1) is 24.5 Å². The number of aromatic nitrogens is 1. The van der Waals surface area contributed by atoms with E-state index in [9.17, 15) is 14.4 Å². The Labute approximate surface area is 180 Å². The highest BCUT2D eigenvalue weighted by atomic mass is 16.5. The molecule has 2 saturated heterocycles. The number of nitrogens with zero attached hydrogens (tertiary/aromatic N) is 2. The molecular weight excluding hydrogens is 404 g/mol. The highest BCUT2D eigenvalue weighted by Crippen LogP contribution is 2.55. The van der Waals surface area contributed by atoms with Crippen LogP contribution in [-0.2, 0) is 23.9 Å². The molecule has 1 aromatic rings. The highest BCUT2D eigenvalue weighted by molar-refractivity contribution is 6.02. The van der Waals surface area contributed by atoms with Crippen molar-refractivity contribution in [1.29, 1.82) is 0 Å². The van der Waals surface area contributed by atoms with Crippen molar-refractivity contribution in [1.82, 2.24) is 15.4 Å². The van der Waals surface area contributed by atoms with Gasteiger partial charge in [0.25, 0.3) is 0 Å². The molecule has 5 atom stereocenters. The van der Waals surface area contributed by atoms with Crippen LogP contribution in [0.25, 0.3) is 0 Å². The number of nitrogens with one attached hydrogen (secondary N) is 2. The number of hydrogen-bond donors (Lipinski definition) is 2. The van der Waals surface area contributed by atoms with Gasteiger partial charge < -0.3 is 29.5 Å². The summed E-state index contributed by atoms with van der Waals surface area (Å²) in [7, 11) is 1.53. The van der Waals surface area contributed by atoms with Crippen molar-refractivity contribution in [2.45, 2.75) is 51.0 Å². The van der Waals surface area contributed by atoms with Gasteiger partial charge in [-0.2, -0.15) is 0 Å². The maximum atomic E-state index is 13.5. The van der Waals surface area contributed by atoms with Crippen molar-refractivity contribution in [2.24, 2.45) is 11.8 Å². The van der Waals surface area contributed by atoms with E-state index in [1.807, 2.05) is 20.8 Å². The van der Waals surface area contributed by atoms with Crippen LogP contribution >= 0.6 is 0 Å². The molecule has 31 heavy (non-hydrogen) atoms. The van der Waals surface area contributed by atoms with Gasteiger partial charge in [-0.15, -0.1) is 0 Å². The first-order valence-corrected chi connectivity index (χ1v) is 10.3. The van der Waals surface area contributed by atoms with Crippen LogP contribution in [-0.4, -0.2) is 71.3 Å². The lowest BCUT2D eigenvalue weighted by Crippen LogP contribution is -2.58. The van der Waals surface area contributed by atoms with E-state index in [4.69, 9.17) is 14.0 Å². The summed E-state index contributed by atoms with van der Waals surface area (Å²) in [4.78, 5) is 41.4. The molecule has 0 radical (unpaired) electrons. The van der Waals surface area contributed by atoms with E-state index in [0.717, 1.165) is 0 Å². The molecule has 0 aromatic carbocycles. The molecular formula is C21H28N4O6. The summed E-state index contributed by atoms with van der Waals surface area (Å²) in [6, 6.07) is 0.700. The number of methoxy groups -OCH3 is 1. The molecule has 1 aromatic heterocycles. The Hall–Kier alpha value is -2.72. The molecule has 0 saturated carbocycles. The van der Waals surface area contributed by atoms with Crippen LogP contribution in [0.1, 0.15) is 26.5 Å². The lowest BCUT2D eigenvalue weighted by molar-refractivity contribution is -0.142. The first-order chi connectivity index (χ1) is 14.6. The first-order valence-electron chi connectivity index (χ1n) is 10.3. The van der Waals surface area contributed by atoms with E-state index in [1.165, 1.54) is 12.0 Å². The van der Waals surface area contributed by atoms with Crippen LogP contribution in [0.4, 0.5) is 5.82 Å². The molecule has 0 unspecified atom stereocenters. The average molecular weight is 432 g/mol.